The van der Waals surface area contributed by atoms with Crippen LogP contribution in [0.1, 0.15) is 16.7 Å². The van der Waals surface area contributed by atoms with Crippen molar-refractivity contribution in [3.05, 3.63) is 64.4 Å². The molecule has 0 unspecified atom stereocenters. The Morgan fingerprint density at radius 2 is 1.87 bits per heavy atom. The number of halogens is 1. The average molecular weight is 218 g/mol. The molecule has 2 heteroatoms. The number of pyridine rings is 1. The lowest BCUT2D eigenvalue weighted by Gasteiger charge is -2.04. The maximum Gasteiger partial charge on any atom is 0.0406 e. The summed E-state index contributed by atoms with van der Waals surface area (Å²) in [5, 5.41) is 0.779. The average Bonchev–Trinajstić information content (AvgIpc) is 2.25. The first-order chi connectivity index (χ1) is 7.25. The highest BCUT2D eigenvalue weighted by molar-refractivity contribution is 6.30. The molecule has 0 spiro atoms. The van der Waals surface area contributed by atoms with Gasteiger partial charge >= 0.3 is 0 Å². The van der Waals surface area contributed by atoms with E-state index >= 15 is 0 Å². The molecule has 0 fully saturated rings. The van der Waals surface area contributed by atoms with Gasteiger partial charge in [0.2, 0.25) is 0 Å². The third-order valence-electron chi connectivity index (χ3n) is 2.46. The fourth-order valence-corrected chi connectivity index (χ4v) is 1.63. The molecule has 0 N–H and O–H groups in total. The Kier molecular flexibility index (Phi) is 3.02. The minimum absolute atomic E-state index is 0.779. The molecule has 1 nitrogen and oxygen atoms in total. The van der Waals surface area contributed by atoms with Crippen LogP contribution in [0.15, 0.2) is 42.7 Å². The molecule has 2 aromatic rings. The fraction of sp³-hybridized carbons (Fsp3) is 0.154. The maximum absolute atomic E-state index is 5.83. The molecule has 1 heterocycles. The van der Waals surface area contributed by atoms with E-state index < -0.39 is 0 Å². The Balaban J connectivity index is 2.22. The zero-order valence-corrected chi connectivity index (χ0v) is 9.33. The van der Waals surface area contributed by atoms with Crippen molar-refractivity contribution in [3.63, 3.8) is 0 Å². The minimum Gasteiger partial charge on any atom is -0.264 e. The van der Waals surface area contributed by atoms with Crippen molar-refractivity contribution >= 4 is 11.6 Å². The minimum atomic E-state index is 0.779. The standard InChI is InChI=1S/C13H12ClN/c1-10-6-7-15-9-12(10)8-11-2-4-13(14)5-3-11/h2-7,9H,8H2,1H3. The van der Waals surface area contributed by atoms with Crippen molar-refractivity contribution in [3.8, 4) is 0 Å². The highest BCUT2D eigenvalue weighted by Crippen LogP contribution is 2.15. The number of hydrogen-bond acceptors (Lipinski definition) is 1. The molecule has 0 saturated carbocycles. The molecular formula is C13H12ClN. The lowest BCUT2D eigenvalue weighted by Crippen LogP contribution is -1.92. The SMILES string of the molecule is Cc1ccncc1Cc1ccc(Cl)cc1. The van der Waals surface area contributed by atoms with E-state index in [0.29, 0.717) is 0 Å². The normalized spacial score (nSPS) is 10.3. The highest BCUT2D eigenvalue weighted by atomic mass is 35.5. The van der Waals surface area contributed by atoms with Crippen LogP contribution in [-0.4, -0.2) is 4.98 Å². The second-order valence-electron chi connectivity index (χ2n) is 3.61. The number of aromatic nitrogens is 1. The monoisotopic (exact) mass is 217 g/mol. The molecular weight excluding hydrogens is 206 g/mol. The third-order valence-corrected chi connectivity index (χ3v) is 2.71. The van der Waals surface area contributed by atoms with Crippen LogP contribution in [0.25, 0.3) is 0 Å². The zero-order valence-electron chi connectivity index (χ0n) is 8.57. The highest BCUT2D eigenvalue weighted by Gasteiger charge is 1.99. The summed E-state index contributed by atoms with van der Waals surface area (Å²) in [6.45, 7) is 2.10. The number of nitrogens with zero attached hydrogens (tertiary/aromatic N) is 1. The molecule has 0 atom stereocenters. The molecule has 0 radical (unpaired) electrons. The summed E-state index contributed by atoms with van der Waals surface area (Å²) in [5.74, 6) is 0. The Labute approximate surface area is 94.7 Å². The van der Waals surface area contributed by atoms with Gasteiger partial charge < -0.3 is 0 Å². The first-order valence-electron chi connectivity index (χ1n) is 4.89. The quantitative estimate of drug-likeness (QED) is 0.749. The molecule has 76 valence electrons. The first kappa shape index (κ1) is 10.2. The summed E-state index contributed by atoms with van der Waals surface area (Å²) in [7, 11) is 0. The zero-order chi connectivity index (χ0) is 10.7. The molecule has 0 amide bonds. The predicted molar refractivity (Wildman–Crippen MR) is 63.2 cm³/mol. The fourth-order valence-electron chi connectivity index (χ4n) is 1.50. The Morgan fingerprint density at radius 3 is 2.53 bits per heavy atom. The second kappa shape index (κ2) is 4.45. The van der Waals surface area contributed by atoms with Gasteiger partial charge in [-0.3, -0.25) is 4.98 Å². The Bertz CT molecular complexity index is 448. The number of rotatable bonds is 2. The molecule has 0 aliphatic carbocycles. The molecule has 0 bridgehead atoms. The van der Waals surface area contributed by atoms with Crippen molar-refractivity contribution in [2.75, 3.05) is 0 Å². The van der Waals surface area contributed by atoms with Gasteiger partial charge in [0.15, 0.2) is 0 Å². The smallest absolute Gasteiger partial charge is 0.0406 e. The lowest BCUT2D eigenvalue weighted by atomic mass is 10.0. The molecule has 2 rings (SSSR count). The number of hydrogen-bond donors (Lipinski definition) is 0. The number of aryl methyl sites for hydroxylation is 1. The Hall–Kier alpha value is -1.34. The van der Waals surface area contributed by atoms with Crippen molar-refractivity contribution < 1.29 is 0 Å². The summed E-state index contributed by atoms with van der Waals surface area (Å²) in [5.41, 5.74) is 3.80. The van der Waals surface area contributed by atoms with E-state index in [9.17, 15) is 0 Å². The van der Waals surface area contributed by atoms with Crippen molar-refractivity contribution in [1.82, 2.24) is 4.98 Å². The Morgan fingerprint density at radius 1 is 1.13 bits per heavy atom. The third kappa shape index (κ3) is 2.57. The summed E-state index contributed by atoms with van der Waals surface area (Å²) in [6.07, 6.45) is 4.65. The first-order valence-corrected chi connectivity index (χ1v) is 5.27. The van der Waals surface area contributed by atoms with E-state index in [1.165, 1.54) is 16.7 Å². The van der Waals surface area contributed by atoms with E-state index in [1.54, 1.807) is 0 Å². The van der Waals surface area contributed by atoms with E-state index in [0.717, 1.165) is 11.4 Å². The number of benzene rings is 1. The summed E-state index contributed by atoms with van der Waals surface area (Å²) < 4.78 is 0. The summed E-state index contributed by atoms with van der Waals surface area (Å²) in [4.78, 5) is 4.13. The van der Waals surface area contributed by atoms with Crippen LogP contribution in [0, 0.1) is 6.92 Å². The molecule has 0 aliphatic heterocycles. The van der Waals surface area contributed by atoms with Gasteiger partial charge in [-0.15, -0.1) is 0 Å². The largest absolute Gasteiger partial charge is 0.264 e. The van der Waals surface area contributed by atoms with Crippen molar-refractivity contribution in [2.45, 2.75) is 13.3 Å². The van der Waals surface area contributed by atoms with E-state index in [4.69, 9.17) is 11.6 Å². The predicted octanol–water partition coefficient (Wildman–Crippen LogP) is 3.63. The molecule has 15 heavy (non-hydrogen) atoms. The van der Waals surface area contributed by atoms with Crippen molar-refractivity contribution in [1.29, 1.82) is 0 Å². The molecule has 0 aliphatic rings. The van der Waals surface area contributed by atoms with Crippen LogP contribution < -0.4 is 0 Å². The van der Waals surface area contributed by atoms with Gasteiger partial charge in [-0.2, -0.15) is 0 Å². The van der Waals surface area contributed by atoms with Crippen LogP contribution >= 0.6 is 11.6 Å². The second-order valence-corrected chi connectivity index (χ2v) is 4.04. The van der Waals surface area contributed by atoms with Gasteiger partial charge in [-0.25, -0.2) is 0 Å². The lowest BCUT2D eigenvalue weighted by molar-refractivity contribution is 1.11. The van der Waals surface area contributed by atoms with Crippen LogP contribution in [0.4, 0.5) is 0 Å². The van der Waals surface area contributed by atoms with Crippen LogP contribution in [0.5, 0.6) is 0 Å². The summed E-state index contributed by atoms with van der Waals surface area (Å²) in [6, 6.07) is 9.97. The van der Waals surface area contributed by atoms with Gasteiger partial charge in [-0.05, 0) is 48.2 Å². The van der Waals surface area contributed by atoms with Crippen molar-refractivity contribution in [2.24, 2.45) is 0 Å². The topological polar surface area (TPSA) is 12.9 Å². The van der Waals surface area contributed by atoms with Crippen LogP contribution in [0.3, 0.4) is 0 Å². The van der Waals surface area contributed by atoms with E-state index in [-0.39, 0.29) is 0 Å². The van der Waals surface area contributed by atoms with Gasteiger partial charge in [-0.1, -0.05) is 23.7 Å². The van der Waals surface area contributed by atoms with Gasteiger partial charge in [0.25, 0.3) is 0 Å². The maximum atomic E-state index is 5.83. The molecule has 1 aromatic carbocycles. The molecule has 0 saturated heterocycles. The van der Waals surface area contributed by atoms with Gasteiger partial charge in [0.05, 0.1) is 0 Å². The van der Waals surface area contributed by atoms with Gasteiger partial charge in [0.1, 0.15) is 0 Å². The molecule has 1 aromatic heterocycles. The van der Waals surface area contributed by atoms with Crippen LogP contribution in [-0.2, 0) is 6.42 Å². The van der Waals surface area contributed by atoms with Crippen LogP contribution in [0.2, 0.25) is 5.02 Å². The summed E-state index contributed by atoms with van der Waals surface area (Å²) >= 11 is 5.83. The van der Waals surface area contributed by atoms with E-state index in [2.05, 4.69) is 24.0 Å². The van der Waals surface area contributed by atoms with Gasteiger partial charge in [0, 0.05) is 17.4 Å². The van der Waals surface area contributed by atoms with E-state index in [1.807, 2.05) is 30.6 Å².